The van der Waals surface area contributed by atoms with Crippen LogP contribution in [0.5, 0.6) is 0 Å². The zero-order valence-corrected chi connectivity index (χ0v) is 8.00. The van der Waals surface area contributed by atoms with Crippen molar-refractivity contribution in [3.8, 4) is 0 Å². The molecule has 0 radical (unpaired) electrons. The molecule has 0 aliphatic carbocycles. The second kappa shape index (κ2) is 2.66. The number of nitrogens with two attached hydrogens (primary N) is 1. The molecule has 0 bridgehead atoms. The van der Waals surface area contributed by atoms with Crippen molar-refractivity contribution in [2.45, 2.75) is 19.4 Å². The Morgan fingerprint density at radius 2 is 1.92 bits per heavy atom. The van der Waals surface area contributed by atoms with Crippen LogP contribution < -0.4 is 5.14 Å². The summed E-state index contributed by atoms with van der Waals surface area (Å²) in [6.45, 7) is 3.97. The average molecular weight is 194 g/mol. The molecule has 5 nitrogen and oxygen atoms in total. The van der Waals surface area contributed by atoms with Gasteiger partial charge >= 0.3 is 0 Å². The van der Waals surface area contributed by atoms with Gasteiger partial charge in [-0.15, -0.1) is 0 Å². The molecule has 6 heteroatoms. The molecule has 1 aliphatic heterocycles. The van der Waals surface area contributed by atoms with Crippen molar-refractivity contribution in [3.05, 3.63) is 0 Å². The molecule has 12 heavy (non-hydrogen) atoms. The van der Waals surface area contributed by atoms with Crippen LogP contribution in [0.4, 0.5) is 0 Å². The van der Waals surface area contributed by atoms with Crippen LogP contribution in [0, 0.1) is 5.92 Å². The standard InChI is InChI=1S/C6H14N2O3S/c1-6(2,9)5-3-8(4-5)12(7,10)11/h5,9H,3-4H2,1-2H3,(H2,7,10,11). The van der Waals surface area contributed by atoms with Gasteiger partial charge in [-0.2, -0.15) is 12.7 Å². The summed E-state index contributed by atoms with van der Waals surface area (Å²) in [5, 5.41) is 14.3. The Labute approximate surface area is 72.3 Å². The molecule has 72 valence electrons. The third-order valence-electron chi connectivity index (χ3n) is 2.21. The second-order valence-corrected chi connectivity index (χ2v) is 5.26. The Morgan fingerprint density at radius 3 is 2.17 bits per heavy atom. The molecular weight excluding hydrogens is 180 g/mol. The van der Waals surface area contributed by atoms with E-state index >= 15 is 0 Å². The molecule has 1 rings (SSSR count). The molecule has 1 heterocycles. The topological polar surface area (TPSA) is 83.6 Å². The van der Waals surface area contributed by atoms with Crippen LogP contribution in [0.25, 0.3) is 0 Å². The summed E-state index contributed by atoms with van der Waals surface area (Å²) in [5.41, 5.74) is -0.818. The van der Waals surface area contributed by atoms with Crippen molar-refractivity contribution in [2.24, 2.45) is 11.1 Å². The molecule has 0 atom stereocenters. The lowest BCUT2D eigenvalue weighted by Gasteiger charge is -2.43. The first-order valence-electron chi connectivity index (χ1n) is 3.71. The third-order valence-corrected chi connectivity index (χ3v) is 3.22. The van der Waals surface area contributed by atoms with E-state index in [0.717, 1.165) is 4.31 Å². The molecule has 1 aliphatic rings. The molecule has 1 fully saturated rings. The Bertz CT molecular complexity index is 261. The van der Waals surface area contributed by atoms with Gasteiger partial charge in [0.05, 0.1) is 5.60 Å². The van der Waals surface area contributed by atoms with E-state index in [1.165, 1.54) is 0 Å². The lowest BCUT2D eigenvalue weighted by molar-refractivity contribution is -0.0338. The highest BCUT2D eigenvalue weighted by atomic mass is 32.2. The molecule has 0 spiro atoms. The fourth-order valence-corrected chi connectivity index (χ4v) is 1.87. The maximum Gasteiger partial charge on any atom is 0.276 e. The summed E-state index contributed by atoms with van der Waals surface area (Å²) in [6, 6.07) is 0. The van der Waals surface area contributed by atoms with E-state index in [1.807, 2.05) is 0 Å². The van der Waals surface area contributed by atoms with Crippen LogP contribution in [-0.2, 0) is 10.2 Å². The highest BCUT2D eigenvalue weighted by Crippen LogP contribution is 2.27. The predicted octanol–water partition coefficient (Wildman–Crippen LogP) is -1.11. The van der Waals surface area contributed by atoms with Crippen LogP contribution >= 0.6 is 0 Å². The molecule has 1 saturated heterocycles. The van der Waals surface area contributed by atoms with E-state index in [0.29, 0.717) is 13.1 Å². The van der Waals surface area contributed by atoms with Crippen LogP contribution in [0.2, 0.25) is 0 Å². The summed E-state index contributed by atoms with van der Waals surface area (Å²) in [6.07, 6.45) is 0. The number of hydrogen-bond donors (Lipinski definition) is 2. The first-order chi connectivity index (χ1) is 5.21. The predicted molar refractivity (Wildman–Crippen MR) is 44.5 cm³/mol. The van der Waals surface area contributed by atoms with Gasteiger partial charge in [0.15, 0.2) is 0 Å². The molecule has 0 aromatic rings. The van der Waals surface area contributed by atoms with Gasteiger partial charge in [0.25, 0.3) is 10.2 Å². The minimum absolute atomic E-state index is 0.00387. The van der Waals surface area contributed by atoms with E-state index in [2.05, 4.69) is 0 Å². The van der Waals surface area contributed by atoms with Gasteiger partial charge in [-0.05, 0) is 13.8 Å². The largest absolute Gasteiger partial charge is 0.390 e. The van der Waals surface area contributed by atoms with Gasteiger partial charge in [-0.25, -0.2) is 5.14 Å². The first-order valence-corrected chi connectivity index (χ1v) is 5.22. The maximum atomic E-state index is 10.7. The zero-order valence-electron chi connectivity index (χ0n) is 7.19. The summed E-state index contributed by atoms with van der Waals surface area (Å²) in [4.78, 5) is 0. The van der Waals surface area contributed by atoms with Crippen LogP contribution in [-0.4, -0.2) is 36.5 Å². The lowest BCUT2D eigenvalue weighted by atomic mass is 9.86. The van der Waals surface area contributed by atoms with Gasteiger partial charge < -0.3 is 5.11 Å². The van der Waals surface area contributed by atoms with E-state index in [1.54, 1.807) is 13.8 Å². The van der Waals surface area contributed by atoms with Crippen molar-refractivity contribution < 1.29 is 13.5 Å². The van der Waals surface area contributed by atoms with Crippen LogP contribution in [0.15, 0.2) is 0 Å². The third kappa shape index (κ3) is 1.95. The summed E-state index contributed by atoms with van der Waals surface area (Å²) < 4.78 is 22.6. The number of aliphatic hydroxyl groups is 1. The molecular formula is C6H14N2O3S. The van der Waals surface area contributed by atoms with Crippen LogP contribution in [0.3, 0.4) is 0 Å². The van der Waals surface area contributed by atoms with Gasteiger partial charge in [0.1, 0.15) is 0 Å². The smallest absolute Gasteiger partial charge is 0.276 e. The Balaban J connectivity index is 2.50. The number of rotatable bonds is 2. The van der Waals surface area contributed by atoms with Crippen molar-refractivity contribution in [2.75, 3.05) is 13.1 Å². The first kappa shape index (κ1) is 9.91. The van der Waals surface area contributed by atoms with Crippen molar-refractivity contribution in [3.63, 3.8) is 0 Å². The summed E-state index contributed by atoms with van der Waals surface area (Å²) in [5.74, 6) is -0.00387. The number of hydrogen-bond acceptors (Lipinski definition) is 3. The monoisotopic (exact) mass is 194 g/mol. The minimum Gasteiger partial charge on any atom is -0.390 e. The molecule has 3 N–H and O–H groups in total. The van der Waals surface area contributed by atoms with E-state index in [9.17, 15) is 13.5 Å². The van der Waals surface area contributed by atoms with E-state index in [4.69, 9.17) is 5.14 Å². The quantitative estimate of drug-likeness (QED) is 0.585. The maximum absolute atomic E-state index is 10.7. The molecule has 0 aromatic carbocycles. The van der Waals surface area contributed by atoms with Crippen molar-refractivity contribution in [1.82, 2.24) is 4.31 Å². The Kier molecular flexibility index (Phi) is 2.20. The highest BCUT2D eigenvalue weighted by molar-refractivity contribution is 7.86. The summed E-state index contributed by atoms with van der Waals surface area (Å²) >= 11 is 0. The lowest BCUT2D eigenvalue weighted by Crippen LogP contribution is -2.59. The van der Waals surface area contributed by atoms with E-state index < -0.39 is 15.8 Å². The van der Waals surface area contributed by atoms with Gasteiger partial charge in [0, 0.05) is 19.0 Å². The molecule has 0 aromatic heterocycles. The molecule has 0 unspecified atom stereocenters. The SMILES string of the molecule is CC(C)(O)C1CN(S(N)(=O)=O)C1. The fourth-order valence-electron chi connectivity index (χ4n) is 1.09. The molecule has 0 saturated carbocycles. The van der Waals surface area contributed by atoms with E-state index in [-0.39, 0.29) is 5.92 Å². The number of nitrogens with zero attached hydrogens (tertiary/aromatic N) is 1. The Hall–Kier alpha value is -0.170. The second-order valence-electron chi connectivity index (χ2n) is 3.71. The normalized spacial score (nSPS) is 22.3. The molecule has 0 amide bonds. The van der Waals surface area contributed by atoms with Crippen LogP contribution in [0.1, 0.15) is 13.8 Å². The van der Waals surface area contributed by atoms with Gasteiger partial charge in [-0.1, -0.05) is 0 Å². The Morgan fingerprint density at radius 1 is 1.50 bits per heavy atom. The highest BCUT2D eigenvalue weighted by Gasteiger charge is 2.41. The average Bonchev–Trinajstić information content (AvgIpc) is 1.46. The zero-order chi connectivity index (χ0) is 9.57. The van der Waals surface area contributed by atoms with Gasteiger partial charge in [-0.3, -0.25) is 0 Å². The minimum atomic E-state index is -3.54. The van der Waals surface area contributed by atoms with Crippen molar-refractivity contribution >= 4 is 10.2 Å². The fraction of sp³-hybridized carbons (Fsp3) is 1.00. The summed E-state index contributed by atoms with van der Waals surface area (Å²) in [7, 11) is -3.54. The van der Waals surface area contributed by atoms with Gasteiger partial charge in [0.2, 0.25) is 0 Å². The van der Waals surface area contributed by atoms with Crippen molar-refractivity contribution in [1.29, 1.82) is 0 Å².